The normalized spacial score (nSPS) is 13.4. The van der Waals surface area contributed by atoms with E-state index in [0.717, 1.165) is 0 Å². The molecule has 1 fully saturated rings. The first kappa shape index (κ1) is 14.6. The Morgan fingerprint density at radius 2 is 1.29 bits per heavy atom. The van der Waals surface area contributed by atoms with E-state index in [1.807, 2.05) is 0 Å². The number of nitrogens with one attached hydrogen (secondary N) is 1. The number of hydrogen-bond acceptors (Lipinski definition) is 4. The number of piperidine rings is 1. The van der Waals surface area contributed by atoms with Gasteiger partial charge in [-0.15, -0.1) is 0 Å². The van der Waals surface area contributed by atoms with Crippen LogP contribution in [0.4, 0.5) is 0 Å². The summed E-state index contributed by atoms with van der Waals surface area (Å²) in [7, 11) is 0. The molecule has 3 N–H and O–H groups in total. The Morgan fingerprint density at radius 3 is 1.43 bits per heavy atom. The summed E-state index contributed by atoms with van der Waals surface area (Å²) < 4.78 is 0. The van der Waals surface area contributed by atoms with Crippen LogP contribution in [0.25, 0.3) is 0 Å². The van der Waals surface area contributed by atoms with Gasteiger partial charge in [0.2, 0.25) is 11.8 Å². The third-order valence-electron chi connectivity index (χ3n) is 1.09. The van der Waals surface area contributed by atoms with E-state index in [9.17, 15) is 9.59 Å². The van der Waals surface area contributed by atoms with Gasteiger partial charge in [0, 0.05) is 12.8 Å². The van der Waals surface area contributed by atoms with Gasteiger partial charge in [-0.25, -0.2) is 0 Å². The summed E-state index contributed by atoms with van der Waals surface area (Å²) in [6.07, 6.45) is 1.72. The van der Waals surface area contributed by atoms with Crippen molar-refractivity contribution in [1.82, 2.24) is 5.32 Å². The van der Waals surface area contributed by atoms with E-state index in [0.29, 0.717) is 19.3 Å². The van der Waals surface area contributed by atoms with E-state index >= 15 is 0 Å². The fraction of sp³-hybridized carbons (Fsp3) is 0.429. The van der Waals surface area contributed by atoms with E-state index in [4.69, 9.17) is 19.8 Å². The van der Waals surface area contributed by atoms with Crippen LogP contribution in [0.15, 0.2) is 0 Å². The van der Waals surface area contributed by atoms with E-state index in [-0.39, 0.29) is 24.8 Å². The van der Waals surface area contributed by atoms with Crippen molar-refractivity contribution >= 4 is 24.8 Å². The van der Waals surface area contributed by atoms with Gasteiger partial charge in [-0.3, -0.25) is 24.5 Å². The minimum Gasteiger partial charge on any atom is -0.483 e. The first-order valence-corrected chi connectivity index (χ1v) is 3.60. The van der Waals surface area contributed by atoms with Crippen LogP contribution in [-0.2, 0) is 19.2 Å². The quantitative estimate of drug-likeness (QED) is 0.352. The molecule has 1 aliphatic rings. The summed E-state index contributed by atoms with van der Waals surface area (Å²) >= 11 is 0. The maximum absolute atomic E-state index is 10.3. The molecule has 1 aliphatic heterocycles. The fourth-order valence-electron chi connectivity index (χ4n) is 0.690. The molecule has 0 saturated carbocycles. The lowest BCUT2D eigenvalue weighted by Gasteiger charge is -2.07. The van der Waals surface area contributed by atoms with Crippen LogP contribution >= 0.6 is 0 Å². The zero-order valence-corrected chi connectivity index (χ0v) is 7.30. The standard InChI is InChI=1S/C5H7NO2.2CH2O2/c7-4-2-1-3-5(8)6-4;2*2-1-3/h1-3H2,(H,6,7,8);2*1H,(H,2,3). The molecule has 0 atom stereocenters. The number of imide groups is 1. The van der Waals surface area contributed by atoms with E-state index in [2.05, 4.69) is 5.32 Å². The average molecular weight is 205 g/mol. The first-order chi connectivity index (χ1) is 6.62. The van der Waals surface area contributed by atoms with Crippen LogP contribution in [0.1, 0.15) is 19.3 Å². The molecular weight excluding hydrogens is 194 g/mol. The number of carbonyl (C=O) groups excluding carboxylic acids is 2. The van der Waals surface area contributed by atoms with Gasteiger partial charge < -0.3 is 10.2 Å². The Morgan fingerprint density at radius 1 is 1.00 bits per heavy atom. The van der Waals surface area contributed by atoms with Gasteiger partial charge in [0.1, 0.15) is 0 Å². The van der Waals surface area contributed by atoms with Crippen molar-refractivity contribution in [2.24, 2.45) is 0 Å². The lowest BCUT2D eigenvalue weighted by molar-refractivity contribution is -0.133. The summed E-state index contributed by atoms with van der Waals surface area (Å²) in [5, 5.41) is 16.0. The molecule has 14 heavy (non-hydrogen) atoms. The van der Waals surface area contributed by atoms with Crippen molar-refractivity contribution < 1.29 is 29.4 Å². The van der Waals surface area contributed by atoms with Crippen LogP contribution in [0.3, 0.4) is 0 Å². The third-order valence-corrected chi connectivity index (χ3v) is 1.09. The first-order valence-electron chi connectivity index (χ1n) is 3.60. The third kappa shape index (κ3) is 12.7. The van der Waals surface area contributed by atoms with Crippen LogP contribution < -0.4 is 5.32 Å². The lowest BCUT2D eigenvalue weighted by atomic mass is 10.1. The second-order valence-corrected chi connectivity index (χ2v) is 2.04. The van der Waals surface area contributed by atoms with Crippen molar-refractivity contribution in [1.29, 1.82) is 0 Å². The molecule has 0 bridgehead atoms. The highest BCUT2D eigenvalue weighted by molar-refractivity contribution is 5.97. The summed E-state index contributed by atoms with van der Waals surface area (Å²) in [5.41, 5.74) is 0. The molecular formula is C7H11NO6. The van der Waals surface area contributed by atoms with E-state index < -0.39 is 0 Å². The highest BCUT2D eigenvalue weighted by atomic mass is 16.3. The number of rotatable bonds is 0. The molecule has 7 nitrogen and oxygen atoms in total. The highest BCUT2D eigenvalue weighted by Crippen LogP contribution is 2.00. The van der Waals surface area contributed by atoms with E-state index in [1.165, 1.54) is 0 Å². The van der Waals surface area contributed by atoms with Gasteiger partial charge in [0.15, 0.2) is 0 Å². The molecule has 2 amide bonds. The summed E-state index contributed by atoms with van der Waals surface area (Å²) in [6, 6.07) is 0. The van der Waals surface area contributed by atoms with Gasteiger partial charge in [-0.05, 0) is 6.42 Å². The number of hydrogen-bond donors (Lipinski definition) is 3. The van der Waals surface area contributed by atoms with Gasteiger partial charge in [-0.1, -0.05) is 0 Å². The summed E-state index contributed by atoms with van der Waals surface area (Å²) in [6.45, 7) is -0.500. The predicted octanol–water partition coefficient (Wildman–Crippen LogP) is -0.785. The topological polar surface area (TPSA) is 121 Å². The molecule has 1 heterocycles. The molecule has 80 valence electrons. The molecule has 7 heteroatoms. The fourth-order valence-corrected chi connectivity index (χ4v) is 0.690. The van der Waals surface area contributed by atoms with Gasteiger partial charge in [-0.2, -0.15) is 0 Å². The molecule has 0 aromatic rings. The number of carboxylic acid groups (broad SMARTS) is 2. The molecule has 0 aromatic heterocycles. The monoisotopic (exact) mass is 205 g/mol. The van der Waals surface area contributed by atoms with Gasteiger partial charge in [0.05, 0.1) is 0 Å². The molecule has 0 spiro atoms. The van der Waals surface area contributed by atoms with Crippen LogP contribution in [0.2, 0.25) is 0 Å². The average Bonchev–Trinajstić information content (AvgIpc) is 2.06. The number of amides is 2. The molecule has 0 aliphatic carbocycles. The largest absolute Gasteiger partial charge is 0.483 e. The Balaban J connectivity index is 0. The van der Waals surface area contributed by atoms with Crippen molar-refractivity contribution in [3.63, 3.8) is 0 Å². The second kappa shape index (κ2) is 11.1. The maximum Gasteiger partial charge on any atom is 0.290 e. The zero-order chi connectivity index (χ0) is 11.4. The molecule has 1 rings (SSSR count). The highest BCUT2D eigenvalue weighted by Gasteiger charge is 2.12. The van der Waals surface area contributed by atoms with Crippen LogP contribution in [0.5, 0.6) is 0 Å². The van der Waals surface area contributed by atoms with Crippen molar-refractivity contribution in [3.05, 3.63) is 0 Å². The molecule has 0 aromatic carbocycles. The van der Waals surface area contributed by atoms with Crippen molar-refractivity contribution in [2.75, 3.05) is 0 Å². The maximum atomic E-state index is 10.3. The van der Waals surface area contributed by atoms with Crippen LogP contribution in [0, 0.1) is 0 Å². The predicted molar refractivity (Wildman–Crippen MR) is 44.4 cm³/mol. The molecule has 0 radical (unpaired) electrons. The summed E-state index contributed by atoms with van der Waals surface area (Å²) in [5.74, 6) is -0.275. The smallest absolute Gasteiger partial charge is 0.290 e. The van der Waals surface area contributed by atoms with Crippen molar-refractivity contribution in [3.8, 4) is 0 Å². The molecule has 0 unspecified atom stereocenters. The van der Waals surface area contributed by atoms with E-state index in [1.54, 1.807) is 0 Å². The lowest BCUT2D eigenvalue weighted by Crippen LogP contribution is -2.33. The molecule has 1 saturated heterocycles. The van der Waals surface area contributed by atoms with Gasteiger partial charge in [0.25, 0.3) is 12.9 Å². The SMILES string of the molecule is O=C1CCCC(=O)N1.O=CO.O=CO. The Bertz CT molecular complexity index is 182. The second-order valence-electron chi connectivity index (χ2n) is 2.04. The zero-order valence-electron chi connectivity index (χ0n) is 7.30. The van der Waals surface area contributed by atoms with Crippen molar-refractivity contribution in [2.45, 2.75) is 19.3 Å². The minimum atomic E-state index is -0.250. The Hall–Kier alpha value is -1.92. The van der Waals surface area contributed by atoms with Crippen LogP contribution in [-0.4, -0.2) is 35.0 Å². The number of carbonyl (C=O) groups is 4. The van der Waals surface area contributed by atoms with Gasteiger partial charge >= 0.3 is 0 Å². The minimum absolute atomic E-state index is 0.138. The Labute approximate surface area is 79.7 Å². The Kier molecular flexibility index (Phi) is 11.6. The summed E-state index contributed by atoms with van der Waals surface area (Å²) in [4.78, 5) is 37.4.